The minimum absolute atomic E-state index is 0.0503. The Morgan fingerprint density at radius 1 is 0.416 bits per heavy atom. The molecule has 1 rings (SSSR count). The quantitative estimate of drug-likeness (QED) is 0.0300. The first-order valence-electron chi connectivity index (χ1n) is 29.7. The van der Waals surface area contributed by atoms with Crippen LogP contribution in [0, 0.1) is 17.8 Å². The average molecular weight is 1270 g/mol. The Balaban J connectivity index is 3.29. The van der Waals surface area contributed by atoms with Gasteiger partial charge >= 0.3 is 23.9 Å². The highest BCUT2D eigenvalue weighted by molar-refractivity contribution is 5.95. The summed E-state index contributed by atoms with van der Waals surface area (Å²) in [5.74, 6) is -13.8. The second-order valence-corrected chi connectivity index (χ2v) is 22.4. The smallest absolute Gasteiger partial charge is 0.306 e. The molecule has 13 atom stereocenters. The van der Waals surface area contributed by atoms with Gasteiger partial charge in [0.05, 0.1) is 37.4 Å². The lowest BCUT2D eigenvalue weighted by Gasteiger charge is -2.26. The van der Waals surface area contributed by atoms with Gasteiger partial charge < -0.3 is 92.8 Å². The Morgan fingerprint density at radius 2 is 0.854 bits per heavy atom. The van der Waals surface area contributed by atoms with Crippen LogP contribution >= 0.6 is 0 Å². The molecule has 0 aliphatic carbocycles. The number of Topliss-reactive ketones (excluding diaryl/α,β-unsaturated/α-hetero) is 4. The third kappa shape index (κ3) is 34.7. The number of amides is 4. The number of carboxylic acids is 4. The molecule has 0 heterocycles. The maximum Gasteiger partial charge on any atom is 0.306 e. The molecule has 0 radical (unpaired) electrons. The van der Waals surface area contributed by atoms with Crippen molar-refractivity contribution in [2.75, 3.05) is 26.3 Å². The molecule has 0 aliphatic heterocycles. The number of aryl methyl sites for hydroxylation is 1. The van der Waals surface area contributed by atoms with E-state index in [2.05, 4.69) is 21.3 Å². The van der Waals surface area contributed by atoms with E-state index in [1.165, 1.54) is 6.92 Å². The fraction of sp³-hybridized carbons (Fsp3) is 0.695. The predicted octanol–water partition coefficient (Wildman–Crippen LogP) is -2.48. The van der Waals surface area contributed by atoms with Crippen molar-refractivity contribution in [1.82, 2.24) is 21.3 Å². The molecule has 0 aliphatic rings. The van der Waals surface area contributed by atoms with Crippen molar-refractivity contribution >= 4 is 70.6 Å². The number of benzene rings is 1. The molecule has 18 N–H and O–H groups in total. The third-order valence-electron chi connectivity index (χ3n) is 14.8. The van der Waals surface area contributed by atoms with Crippen LogP contribution in [-0.2, 0) is 70.4 Å². The highest BCUT2D eigenvalue weighted by atomic mass is 16.4. The molecule has 1 aromatic rings. The second kappa shape index (κ2) is 43.8. The minimum Gasteiger partial charge on any atom is -0.481 e. The number of aliphatic hydroxyl groups is 10. The van der Waals surface area contributed by atoms with Gasteiger partial charge in [-0.25, -0.2) is 0 Å². The van der Waals surface area contributed by atoms with E-state index in [1.54, 1.807) is 24.3 Å². The largest absolute Gasteiger partial charge is 0.481 e. The minimum atomic E-state index is -2.04. The van der Waals surface area contributed by atoms with E-state index < -0.39 is 215 Å². The number of hydrogen-bond acceptors (Lipinski definition) is 22. The van der Waals surface area contributed by atoms with Crippen LogP contribution in [0.2, 0.25) is 0 Å². The van der Waals surface area contributed by atoms with Crippen LogP contribution in [0.5, 0.6) is 0 Å². The average Bonchev–Trinajstić information content (AvgIpc) is 3.18. The second-order valence-electron chi connectivity index (χ2n) is 22.4. The van der Waals surface area contributed by atoms with Crippen LogP contribution in [0.4, 0.5) is 0 Å². The topological polar surface area (TPSA) is 536 Å². The molecule has 0 bridgehead atoms. The molecule has 0 unspecified atom stereocenters. The van der Waals surface area contributed by atoms with Gasteiger partial charge in [-0.3, -0.25) is 57.5 Å². The highest BCUT2D eigenvalue weighted by Crippen LogP contribution is 2.22. The van der Waals surface area contributed by atoms with Crippen molar-refractivity contribution in [3.05, 3.63) is 35.4 Å². The van der Waals surface area contributed by atoms with Gasteiger partial charge in [-0.05, 0) is 75.8 Å². The van der Waals surface area contributed by atoms with E-state index in [4.69, 9.17) is 20.4 Å². The third-order valence-corrected chi connectivity index (χ3v) is 14.8. The molecule has 1 aromatic carbocycles. The standard InChI is InChI=1S/C59H92N4O26/c1-33(11-23-51(78)79)62-57(86)37(18-22-49(75)61-30-45(71)54(83)56(85)47(73)32-65)28-43(69)42(20-24-52(80)81)63-58(87)36(17-21-48(74)60-29-44(70)53(82)55(84)46(72)31-64)26-41(68)25-35-14-12-34(13-15-35)16-19-39(66)8-4-2-3-7-38(59(88)89)27-40(67)9-5-6-10-50(76)77/h12-15,33,36-38,42,44-47,53-56,64-65,70-73,82-85H,2-11,16-32H2,1H3,(H,60,74)(H,61,75)(H,62,86)(H,63,87)(H,76,77)(H,78,79)(H,80,81)(H,88,89)/t33-,36+,37+,38+,42+,44-,45-,46+,47+,53+,54+,55+,56+/m0/s1. The molecule has 30 heteroatoms. The fourth-order valence-corrected chi connectivity index (χ4v) is 9.26. The molecule has 0 fully saturated rings. The van der Waals surface area contributed by atoms with E-state index in [-0.39, 0.29) is 69.4 Å². The molecule has 30 nitrogen and oxygen atoms in total. The number of aliphatic hydroxyl groups excluding tert-OH is 10. The van der Waals surface area contributed by atoms with Crippen molar-refractivity contribution in [3.8, 4) is 0 Å². The van der Waals surface area contributed by atoms with Crippen LogP contribution in [0.3, 0.4) is 0 Å². The Kier molecular flexibility index (Phi) is 39.5. The monoisotopic (exact) mass is 1270 g/mol. The zero-order valence-electron chi connectivity index (χ0n) is 50.1. The van der Waals surface area contributed by atoms with Gasteiger partial charge in [-0.2, -0.15) is 0 Å². The van der Waals surface area contributed by atoms with Crippen LogP contribution < -0.4 is 21.3 Å². The lowest BCUT2D eigenvalue weighted by molar-refractivity contribution is -0.144. The fourth-order valence-electron chi connectivity index (χ4n) is 9.26. The Hall–Kier alpha value is -6.74. The lowest BCUT2D eigenvalue weighted by Crippen LogP contribution is -2.49. The zero-order chi connectivity index (χ0) is 67.3. The number of rotatable bonds is 52. The van der Waals surface area contributed by atoms with E-state index in [0.29, 0.717) is 44.1 Å². The lowest BCUT2D eigenvalue weighted by atomic mass is 9.89. The summed E-state index contributed by atoms with van der Waals surface area (Å²) in [5.41, 5.74) is 1.21. The molecule has 0 saturated carbocycles. The summed E-state index contributed by atoms with van der Waals surface area (Å²) in [6, 6.07) is 4.14. The van der Waals surface area contributed by atoms with E-state index >= 15 is 0 Å². The SMILES string of the molecule is C[C@@H](CCC(=O)O)NC(=O)[C@H](CCC(=O)NC[C@H](O)[C@@H](O)[C@H](O)[C@H](O)CO)CC(=O)[C@@H](CCC(=O)O)NC(=O)[C@H](CCC(=O)NC[C@H](O)[C@@H](O)[C@H](O)[C@H](O)CO)CC(=O)Cc1ccc(CCC(=O)CCCCC[C@H](CC(=O)CCCCC(=O)O)C(=O)O)cc1. The van der Waals surface area contributed by atoms with E-state index in [1.807, 2.05) is 0 Å². The number of aliphatic carboxylic acids is 4. The van der Waals surface area contributed by atoms with Gasteiger partial charge in [0.1, 0.15) is 54.0 Å². The highest BCUT2D eigenvalue weighted by Gasteiger charge is 2.35. The Morgan fingerprint density at radius 3 is 1.36 bits per heavy atom. The number of carboxylic acid groups (broad SMARTS) is 4. The molecule has 0 spiro atoms. The Bertz CT molecular complexity index is 2430. The molecular weight excluding hydrogens is 1180 g/mol. The summed E-state index contributed by atoms with van der Waals surface area (Å²) in [5, 5.41) is 145. The number of nitrogens with one attached hydrogen (secondary N) is 4. The molecular formula is C59H92N4O26. The maximum atomic E-state index is 14.2. The van der Waals surface area contributed by atoms with Crippen LogP contribution in [0.15, 0.2) is 24.3 Å². The van der Waals surface area contributed by atoms with Crippen LogP contribution in [0.25, 0.3) is 0 Å². The summed E-state index contributed by atoms with van der Waals surface area (Å²) >= 11 is 0. The summed E-state index contributed by atoms with van der Waals surface area (Å²) in [6.07, 6.45) is -17.8. The van der Waals surface area contributed by atoms with Gasteiger partial charge in [0, 0.05) is 108 Å². The van der Waals surface area contributed by atoms with E-state index in [0.717, 1.165) is 5.56 Å². The first-order chi connectivity index (χ1) is 41.9. The predicted molar refractivity (Wildman–Crippen MR) is 310 cm³/mol. The summed E-state index contributed by atoms with van der Waals surface area (Å²) in [7, 11) is 0. The van der Waals surface area contributed by atoms with Crippen molar-refractivity contribution in [2.45, 2.75) is 216 Å². The van der Waals surface area contributed by atoms with E-state index in [9.17, 15) is 109 Å². The summed E-state index contributed by atoms with van der Waals surface area (Å²) < 4.78 is 0. The molecule has 504 valence electrons. The molecule has 0 aromatic heterocycles. The van der Waals surface area contributed by atoms with Crippen LogP contribution in [-0.4, -0.2) is 229 Å². The van der Waals surface area contributed by atoms with Gasteiger partial charge in [-0.15, -0.1) is 0 Å². The van der Waals surface area contributed by atoms with Crippen molar-refractivity contribution in [1.29, 1.82) is 0 Å². The number of hydrogen-bond donors (Lipinski definition) is 18. The maximum absolute atomic E-state index is 14.2. The normalized spacial score (nSPS) is 15.8. The van der Waals surface area contributed by atoms with Crippen molar-refractivity contribution in [3.63, 3.8) is 0 Å². The van der Waals surface area contributed by atoms with Crippen molar-refractivity contribution in [2.24, 2.45) is 17.8 Å². The van der Waals surface area contributed by atoms with Crippen molar-refractivity contribution < 1.29 is 129 Å². The van der Waals surface area contributed by atoms with Gasteiger partial charge in [0.15, 0.2) is 5.78 Å². The van der Waals surface area contributed by atoms with Gasteiger partial charge in [-0.1, -0.05) is 37.1 Å². The summed E-state index contributed by atoms with van der Waals surface area (Å²) in [6.45, 7) is -1.89. The first kappa shape index (κ1) is 80.3. The van der Waals surface area contributed by atoms with Gasteiger partial charge in [0.25, 0.3) is 0 Å². The van der Waals surface area contributed by atoms with Crippen LogP contribution in [0.1, 0.15) is 153 Å². The number of unbranched alkanes of at least 4 members (excludes halogenated alkanes) is 3. The number of carbonyl (C=O) groups is 12. The molecule has 4 amide bonds. The first-order valence-corrected chi connectivity index (χ1v) is 29.7. The summed E-state index contributed by atoms with van der Waals surface area (Å²) in [4.78, 5) is 152. The number of ketones is 4. The Labute approximate surface area is 514 Å². The van der Waals surface area contributed by atoms with Gasteiger partial charge in [0.2, 0.25) is 23.6 Å². The molecule has 0 saturated heterocycles. The number of carbonyl (C=O) groups excluding carboxylic acids is 8. The molecule has 89 heavy (non-hydrogen) atoms. The zero-order valence-corrected chi connectivity index (χ0v) is 50.1.